The summed E-state index contributed by atoms with van der Waals surface area (Å²) in [5, 5.41) is 10.5. The second kappa shape index (κ2) is 8.83. The van der Waals surface area contributed by atoms with E-state index in [-0.39, 0.29) is 25.4 Å². The largest absolute Gasteiger partial charge is 0.390 e. The molecule has 0 aliphatic carbocycles. The lowest BCUT2D eigenvalue weighted by molar-refractivity contribution is -0.121. The number of carbonyl (C=O) groups is 1. The van der Waals surface area contributed by atoms with Gasteiger partial charge >= 0.3 is 0 Å². The van der Waals surface area contributed by atoms with Gasteiger partial charge in [0.05, 0.1) is 48.5 Å². The van der Waals surface area contributed by atoms with E-state index in [9.17, 15) is 9.90 Å². The van der Waals surface area contributed by atoms with Crippen LogP contribution in [0.15, 0.2) is 48.5 Å². The molecule has 1 aliphatic rings. The number of imidazole rings is 1. The predicted octanol–water partition coefficient (Wildman–Crippen LogP) is -0.0310. The van der Waals surface area contributed by atoms with Gasteiger partial charge in [0.1, 0.15) is 5.82 Å². The first-order valence-electron chi connectivity index (χ1n) is 10.6. The van der Waals surface area contributed by atoms with Crippen LogP contribution in [-0.2, 0) is 23.0 Å². The number of rotatable bonds is 7. The summed E-state index contributed by atoms with van der Waals surface area (Å²) < 4.78 is 0. The maximum absolute atomic E-state index is 12.3. The van der Waals surface area contributed by atoms with Crippen LogP contribution in [0, 0.1) is 0 Å². The summed E-state index contributed by atoms with van der Waals surface area (Å²) in [5.74, 6) is 0.535. The number of fused-ring (bicyclic) bond motifs is 2. The van der Waals surface area contributed by atoms with Gasteiger partial charge in [-0.3, -0.25) is 4.79 Å². The molecule has 0 bridgehead atoms. The summed E-state index contributed by atoms with van der Waals surface area (Å²) in [4.78, 5) is 21.4. The van der Waals surface area contributed by atoms with Crippen LogP contribution in [0.1, 0.15) is 23.4 Å². The molecule has 1 atom stereocenters. The van der Waals surface area contributed by atoms with Crippen molar-refractivity contribution in [2.75, 3.05) is 13.1 Å². The van der Waals surface area contributed by atoms with E-state index in [2.05, 4.69) is 15.3 Å². The molecule has 1 aromatic heterocycles. The Morgan fingerprint density at radius 2 is 1.88 bits per heavy atom. The fraction of sp³-hybridized carbons (Fsp3) is 0.364. The van der Waals surface area contributed by atoms with Crippen LogP contribution in [0.5, 0.6) is 0 Å². The Kier molecular flexibility index (Phi) is 6.28. The number of aryl methyl sites for hydroxylation is 1. The molecule has 8 radical (unpaired) electrons. The molecule has 6 nitrogen and oxygen atoms in total. The van der Waals surface area contributed by atoms with Gasteiger partial charge in [0.25, 0.3) is 0 Å². The van der Waals surface area contributed by atoms with E-state index in [0.29, 0.717) is 18.4 Å². The first-order chi connectivity index (χ1) is 15.2. The number of carbonyl (C=O) groups excluding carboxylic acids is 1. The highest BCUT2D eigenvalue weighted by Crippen LogP contribution is 2.36. The molecular formula is C22H22B4N4O2. The number of hydrogen-bond donors (Lipinski definition) is 3. The second-order valence-corrected chi connectivity index (χ2v) is 8.42. The standard InChI is InChI=1S/C22H22B4N4O2/c23-21(24)11-14-5-1-2-6-16(14)22(25,26)30(21)13-15(31)12-27-20(32)10-9-19-28-17-7-3-4-8-18(17)29-19/h1-8,15,31H,9-13H2,(H,27,32)(H,28,29). The minimum absolute atomic E-state index is 0.00180. The lowest BCUT2D eigenvalue weighted by Gasteiger charge is -2.56. The van der Waals surface area contributed by atoms with Gasteiger partial charge in [-0.25, -0.2) is 4.98 Å². The number of aliphatic hydroxyl groups is 1. The monoisotopic (exact) mass is 418 g/mol. The van der Waals surface area contributed by atoms with Crippen molar-refractivity contribution in [1.29, 1.82) is 0 Å². The van der Waals surface area contributed by atoms with E-state index in [4.69, 9.17) is 31.4 Å². The minimum atomic E-state index is -1.45. The summed E-state index contributed by atoms with van der Waals surface area (Å²) in [6.07, 6.45) is 0.0612. The number of hydrogen-bond acceptors (Lipinski definition) is 4. The van der Waals surface area contributed by atoms with Crippen molar-refractivity contribution in [2.45, 2.75) is 36.0 Å². The molecule has 154 valence electrons. The summed E-state index contributed by atoms with van der Waals surface area (Å²) in [5.41, 5.74) is 3.36. The predicted molar refractivity (Wildman–Crippen MR) is 128 cm³/mol. The maximum atomic E-state index is 12.3. The van der Waals surface area contributed by atoms with E-state index in [1.165, 1.54) is 4.90 Å². The van der Waals surface area contributed by atoms with E-state index in [1.807, 2.05) is 48.5 Å². The zero-order chi connectivity index (χ0) is 22.9. The molecule has 3 aromatic rings. The van der Waals surface area contributed by atoms with Gasteiger partial charge < -0.3 is 20.3 Å². The minimum Gasteiger partial charge on any atom is -0.390 e. The fourth-order valence-electron chi connectivity index (χ4n) is 4.23. The van der Waals surface area contributed by atoms with Gasteiger partial charge in [0.15, 0.2) is 0 Å². The fourth-order valence-corrected chi connectivity index (χ4v) is 4.23. The quantitative estimate of drug-likeness (QED) is 0.472. The number of nitrogens with one attached hydrogen (secondary N) is 2. The zero-order valence-electron chi connectivity index (χ0n) is 17.8. The Labute approximate surface area is 193 Å². The molecule has 10 heteroatoms. The molecule has 0 spiro atoms. The van der Waals surface area contributed by atoms with E-state index in [1.54, 1.807) is 0 Å². The molecule has 2 heterocycles. The first-order valence-corrected chi connectivity index (χ1v) is 10.6. The third-order valence-electron chi connectivity index (χ3n) is 5.83. The highest BCUT2D eigenvalue weighted by molar-refractivity contribution is 6.44. The van der Waals surface area contributed by atoms with Gasteiger partial charge in [-0.05, 0) is 35.0 Å². The van der Waals surface area contributed by atoms with Crippen molar-refractivity contribution >= 4 is 48.3 Å². The third kappa shape index (κ3) is 4.66. The number of para-hydroxylation sites is 2. The van der Waals surface area contributed by atoms with Crippen molar-refractivity contribution in [2.24, 2.45) is 0 Å². The van der Waals surface area contributed by atoms with Crippen LogP contribution in [0.2, 0.25) is 0 Å². The number of amides is 1. The Bertz CT molecular complexity index is 1090. The second-order valence-electron chi connectivity index (χ2n) is 8.42. The summed E-state index contributed by atoms with van der Waals surface area (Å²) >= 11 is 0. The summed E-state index contributed by atoms with van der Waals surface area (Å²) in [7, 11) is 25.4. The van der Waals surface area contributed by atoms with Crippen molar-refractivity contribution in [3.05, 3.63) is 65.5 Å². The van der Waals surface area contributed by atoms with Crippen molar-refractivity contribution in [3.8, 4) is 0 Å². The first kappa shape index (κ1) is 22.7. The van der Waals surface area contributed by atoms with Gasteiger partial charge in [-0.15, -0.1) is 0 Å². The van der Waals surface area contributed by atoms with Crippen molar-refractivity contribution in [1.82, 2.24) is 20.2 Å². The molecule has 0 fully saturated rings. The van der Waals surface area contributed by atoms with Crippen LogP contribution < -0.4 is 5.32 Å². The lowest BCUT2D eigenvalue weighted by Crippen LogP contribution is -2.67. The molecule has 0 saturated carbocycles. The maximum Gasteiger partial charge on any atom is 0.220 e. The number of benzene rings is 2. The average molecular weight is 418 g/mol. The molecule has 1 unspecified atom stereocenters. The molecular weight excluding hydrogens is 396 g/mol. The Morgan fingerprint density at radius 3 is 2.66 bits per heavy atom. The van der Waals surface area contributed by atoms with Crippen molar-refractivity contribution in [3.63, 3.8) is 0 Å². The van der Waals surface area contributed by atoms with Gasteiger partial charge in [0, 0.05) is 25.9 Å². The Morgan fingerprint density at radius 1 is 1.16 bits per heavy atom. The average Bonchev–Trinajstić information content (AvgIpc) is 3.16. The molecule has 1 amide bonds. The van der Waals surface area contributed by atoms with Crippen molar-refractivity contribution < 1.29 is 9.90 Å². The third-order valence-corrected chi connectivity index (χ3v) is 5.83. The Hall–Kier alpha value is -2.44. The number of aromatic amines is 1. The van der Waals surface area contributed by atoms with Crippen LogP contribution in [-0.4, -0.2) is 81.8 Å². The molecule has 32 heavy (non-hydrogen) atoms. The topological polar surface area (TPSA) is 81.2 Å². The van der Waals surface area contributed by atoms with E-state index in [0.717, 1.165) is 22.4 Å². The Balaban J connectivity index is 1.32. The number of β-amino-alcohol motifs (C(OH)–C–C–N with tert-alkyl or cyclic N) is 1. The molecule has 1 aliphatic heterocycles. The summed E-state index contributed by atoms with van der Waals surface area (Å²) in [6, 6.07) is 15.1. The smallest absolute Gasteiger partial charge is 0.220 e. The molecule has 2 aromatic carbocycles. The SMILES string of the molecule is [B]C1([B])Cc2ccccc2C([B])([B])N1CC(O)CNC(=O)CCc1nc2ccccc2[nH]1. The molecule has 0 saturated heterocycles. The number of aliphatic hydroxyl groups excluding tert-OH is 1. The van der Waals surface area contributed by atoms with E-state index < -0.39 is 16.8 Å². The number of aromatic nitrogens is 2. The molecule has 4 rings (SSSR count). The highest BCUT2D eigenvalue weighted by atomic mass is 16.3. The van der Waals surface area contributed by atoms with Crippen LogP contribution >= 0.6 is 0 Å². The zero-order valence-corrected chi connectivity index (χ0v) is 17.8. The number of nitrogens with zero attached hydrogens (tertiary/aromatic N) is 2. The van der Waals surface area contributed by atoms with E-state index >= 15 is 0 Å². The lowest BCUT2D eigenvalue weighted by atomic mass is 9.45. The van der Waals surface area contributed by atoms with Gasteiger partial charge in [0.2, 0.25) is 5.91 Å². The van der Waals surface area contributed by atoms with Crippen LogP contribution in [0.25, 0.3) is 11.0 Å². The van der Waals surface area contributed by atoms with Crippen LogP contribution in [0.3, 0.4) is 0 Å². The molecule has 3 N–H and O–H groups in total. The van der Waals surface area contributed by atoms with Crippen LogP contribution in [0.4, 0.5) is 0 Å². The van der Waals surface area contributed by atoms with Gasteiger partial charge in [-0.2, -0.15) is 0 Å². The summed E-state index contributed by atoms with van der Waals surface area (Å²) in [6.45, 7) is 0.0153. The normalized spacial score (nSPS) is 18.2. The highest BCUT2D eigenvalue weighted by Gasteiger charge is 2.43. The van der Waals surface area contributed by atoms with Gasteiger partial charge in [-0.1, -0.05) is 41.7 Å². The number of H-pyrrole nitrogens is 1.